The molecule has 6 heteroatoms. The molecular formula is C29H28ClN5. The highest BCUT2D eigenvalue weighted by atomic mass is 35.5. The molecule has 1 aliphatic carbocycles. The molecule has 0 atom stereocenters. The number of pyridine rings is 1. The number of rotatable bonds is 6. The molecule has 0 radical (unpaired) electrons. The maximum absolute atomic E-state index is 6.64. The van der Waals surface area contributed by atoms with Crippen molar-refractivity contribution in [2.24, 2.45) is 0 Å². The summed E-state index contributed by atoms with van der Waals surface area (Å²) >= 11 is 6.64. The Labute approximate surface area is 210 Å². The van der Waals surface area contributed by atoms with Gasteiger partial charge in [0.1, 0.15) is 11.3 Å². The number of imidazole rings is 1. The summed E-state index contributed by atoms with van der Waals surface area (Å²) in [5, 5.41) is 1.58. The van der Waals surface area contributed by atoms with Crippen molar-refractivity contribution < 1.29 is 0 Å². The highest BCUT2D eigenvalue weighted by molar-refractivity contribution is 6.33. The molecule has 176 valence electrons. The van der Waals surface area contributed by atoms with Gasteiger partial charge in [-0.15, -0.1) is 0 Å². The molecule has 0 saturated heterocycles. The van der Waals surface area contributed by atoms with E-state index in [1.807, 2.05) is 24.4 Å². The van der Waals surface area contributed by atoms with Gasteiger partial charge < -0.3 is 4.90 Å². The Hall–Kier alpha value is -3.28. The predicted octanol–water partition coefficient (Wildman–Crippen LogP) is 6.85. The summed E-state index contributed by atoms with van der Waals surface area (Å²) in [6.07, 6.45) is 6.00. The van der Waals surface area contributed by atoms with E-state index in [1.54, 1.807) is 6.20 Å². The topological polar surface area (TPSA) is 46.3 Å². The summed E-state index contributed by atoms with van der Waals surface area (Å²) in [6, 6.07) is 21.4. The van der Waals surface area contributed by atoms with Gasteiger partial charge >= 0.3 is 0 Å². The zero-order valence-corrected chi connectivity index (χ0v) is 20.8. The van der Waals surface area contributed by atoms with Gasteiger partial charge in [0, 0.05) is 40.9 Å². The predicted molar refractivity (Wildman–Crippen MR) is 143 cm³/mol. The van der Waals surface area contributed by atoms with Crippen LogP contribution in [0.5, 0.6) is 0 Å². The first-order chi connectivity index (χ1) is 17.2. The van der Waals surface area contributed by atoms with Crippen molar-refractivity contribution in [3.05, 3.63) is 84.0 Å². The lowest BCUT2D eigenvalue weighted by Crippen LogP contribution is -2.44. The van der Waals surface area contributed by atoms with Crippen LogP contribution in [0.4, 0.5) is 0 Å². The summed E-state index contributed by atoms with van der Waals surface area (Å²) < 4.78 is 2.14. The fraction of sp³-hybridized carbons (Fsp3) is 0.276. The Morgan fingerprint density at radius 2 is 1.71 bits per heavy atom. The second kappa shape index (κ2) is 9.06. The van der Waals surface area contributed by atoms with Crippen LogP contribution in [0.25, 0.3) is 38.9 Å². The van der Waals surface area contributed by atoms with Crippen molar-refractivity contribution in [1.82, 2.24) is 24.3 Å². The molecule has 35 heavy (non-hydrogen) atoms. The average molecular weight is 482 g/mol. The van der Waals surface area contributed by atoms with Gasteiger partial charge in [-0.3, -0.25) is 4.40 Å². The zero-order chi connectivity index (χ0) is 23.9. The summed E-state index contributed by atoms with van der Waals surface area (Å²) in [5.74, 6) is 1.50. The van der Waals surface area contributed by atoms with Gasteiger partial charge in [0.25, 0.3) is 0 Å². The Morgan fingerprint density at radius 3 is 2.49 bits per heavy atom. The van der Waals surface area contributed by atoms with E-state index in [1.165, 1.54) is 0 Å². The van der Waals surface area contributed by atoms with E-state index < -0.39 is 0 Å². The van der Waals surface area contributed by atoms with Crippen LogP contribution in [0.3, 0.4) is 0 Å². The van der Waals surface area contributed by atoms with Crippen molar-refractivity contribution in [3.63, 3.8) is 0 Å². The summed E-state index contributed by atoms with van der Waals surface area (Å²) in [6.45, 7) is 6.66. The maximum atomic E-state index is 6.64. The standard InChI is InChI=1S/C29H28ClN5/c1-3-34(4-2)23-16-22(17-23)29-33-26(27-28(30)31-14-15-35(27)29)21-11-10-20-12-13-24(32-25(20)18-21)19-8-6-5-7-9-19/h5-15,18,22-23H,3-4,16-17H2,1-2H3. The Kier molecular flexibility index (Phi) is 5.75. The van der Waals surface area contributed by atoms with E-state index >= 15 is 0 Å². The van der Waals surface area contributed by atoms with Crippen LogP contribution in [0.2, 0.25) is 5.15 Å². The highest BCUT2D eigenvalue weighted by Gasteiger charge is 2.36. The molecule has 0 N–H and O–H groups in total. The summed E-state index contributed by atoms with van der Waals surface area (Å²) in [4.78, 5) is 17.0. The second-order valence-electron chi connectivity index (χ2n) is 9.27. The molecule has 5 aromatic rings. The van der Waals surface area contributed by atoms with Gasteiger partial charge in [-0.25, -0.2) is 15.0 Å². The largest absolute Gasteiger partial charge is 0.301 e. The minimum atomic E-state index is 0.420. The number of aromatic nitrogens is 4. The Morgan fingerprint density at radius 1 is 0.943 bits per heavy atom. The van der Waals surface area contributed by atoms with Gasteiger partial charge in [0.15, 0.2) is 5.15 Å². The fourth-order valence-electron chi connectivity index (χ4n) is 5.38. The molecule has 0 aliphatic heterocycles. The van der Waals surface area contributed by atoms with E-state index in [0.29, 0.717) is 17.1 Å². The van der Waals surface area contributed by atoms with Crippen molar-refractivity contribution in [1.29, 1.82) is 0 Å². The van der Waals surface area contributed by atoms with Crippen molar-refractivity contribution in [3.8, 4) is 22.5 Å². The molecule has 0 bridgehead atoms. The zero-order valence-electron chi connectivity index (χ0n) is 20.0. The number of hydrogen-bond donors (Lipinski definition) is 0. The third-order valence-electron chi connectivity index (χ3n) is 7.38. The van der Waals surface area contributed by atoms with Crippen molar-refractivity contribution >= 4 is 28.0 Å². The number of benzene rings is 2. The quantitative estimate of drug-likeness (QED) is 0.266. The molecule has 5 nitrogen and oxygen atoms in total. The third-order valence-corrected chi connectivity index (χ3v) is 7.66. The van der Waals surface area contributed by atoms with Crippen LogP contribution in [-0.4, -0.2) is 43.4 Å². The van der Waals surface area contributed by atoms with Crippen LogP contribution in [0.1, 0.15) is 38.4 Å². The van der Waals surface area contributed by atoms with Gasteiger partial charge in [-0.1, -0.05) is 74.0 Å². The maximum Gasteiger partial charge on any atom is 0.155 e. The first kappa shape index (κ1) is 22.2. The first-order valence-corrected chi connectivity index (χ1v) is 12.8. The minimum absolute atomic E-state index is 0.420. The van der Waals surface area contributed by atoms with E-state index in [0.717, 1.165) is 70.7 Å². The SMILES string of the molecule is CCN(CC)C1CC(c2nc(-c3ccc4ccc(-c5ccccc5)nc4c3)c3c(Cl)nccn23)C1. The lowest BCUT2D eigenvalue weighted by molar-refractivity contribution is 0.117. The highest BCUT2D eigenvalue weighted by Crippen LogP contribution is 2.42. The normalized spacial score (nSPS) is 17.8. The Bertz CT molecular complexity index is 1500. The molecule has 1 saturated carbocycles. The summed E-state index contributed by atoms with van der Waals surface area (Å²) in [5.41, 5.74) is 5.76. The van der Waals surface area contributed by atoms with Gasteiger partial charge in [0.05, 0.1) is 16.9 Å². The second-order valence-corrected chi connectivity index (χ2v) is 9.63. The van der Waals surface area contributed by atoms with Crippen molar-refractivity contribution in [2.75, 3.05) is 13.1 Å². The molecule has 1 fully saturated rings. The number of nitrogens with zero attached hydrogens (tertiary/aromatic N) is 5. The lowest BCUT2D eigenvalue weighted by atomic mass is 9.78. The number of hydrogen-bond acceptors (Lipinski definition) is 4. The molecule has 2 aromatic carbocycles. The monoisotopic (exact) mass is 481 g/mol. The van der Waals surface area contributed by atoms with Crippen LogP contribution in [0, 0.1) is 0 Å². The fourth-order valence-corrected chi connectivity index (χ4v) is 5.62. The van der Waals surface area contributed by atoms with E-state index in [-0.39, 0.29) is 0 Å². The van der Waals surface area contributed by atoms with Crippen LogP contribution in [0.15, 0.2) is 73.1 Å². The third kappa shape index (κ3) is 3.89. The first-order valence-electron chi connectivity index (χ1n) is 12.4. The van der Waals surface area contributed by atoms with Crippen molar-refractivity contribution in [2.45, 2.75) is 38.6 Å². The molecule has 3 aromatic heterocycles. The van der Waals surface area contributed by atoms with Crippen LogP contribution >= 0.6 is 11.6 Å². The lowest BCUT2D eigenvalue weighted by Gasteiger charge is -2.41. The molecule has 3 heterocycles. The van der Waals surface area contributed by atoms with Gasteiger partial charge in [0.2, 0.25) is 0 Å². The van der Waals surface area contributed by atoms with Gasteiger partial charge in [-0.05, 0) is 38.1 Å². The molecule has 0 unspecified atom stereocenters. The van der Waals surface area contributed by atoms with E-state index in [9.17, 15) is 0 Å². The smallest absolute Gasteiger partial charge is 0.155 e. The van der Waals surface area contributed by atoms with Crippen LogP contribution < -0.4 is 0 Å². The summed E-state index contributed by atoms with van der Waals surface area (Å²) in [7, 11) is 0. The molecule has 1 aliphatic rings. The van der Waals surface area contributed by atoms with E-state index in [4.69, 9.17) is 21.6 Å². The number of halogens is 1. The Balaban J connectivity index is 1.42. The average Bonchev–Trinajstić information content (AvgIpc) is 3.26. The molecular weight excluding hydrogens is 454 g/mol. The molecule has 6 rings (SSSR count). The number of fused-ring (bicyclic) bond motifs is 2. The van der Waals surface area contributed by atoms with Gasteiger partial charge in [-0.2, -0.15) is 0 Å². The minimum Gasteiger partial charge on any atom is -0.301 e. The molecule has 0 spiro atoms. The van der Waals surface area contributed by atoms with E-state index in [2.05, 4.69) is 70.6 Å². The molecule has 0 amide bonds. The van der Waals surface area contributed by atoms with Crippen LogP contribution in [-0.2, 0) is 0 Å².